The van der Waals surface area contributed by atoms with Gasteiger partial charge in [0, 0.05) is 23.2 Å². The maximum atomic E-state index is 6.15. The van der Waals surface area contributed by atoms with Crippen molar-refractivity contribution in [2.45, 2.75) is 32.4 Å². The molecule has 23 heavy (non-hydrogen) atoms. The molecule has 0 aromatic heterocycles. The van der Waals surface area contributed by atoms with E-state index in [9.17, 15) is 0 Å². The first-order chi connectivity index (χ1) is 10.6. The number of halogens is 3. The monoisotopic (exact) mass is 373 g/mol. The zero-order valence-corrected chi connectivity index (χ0v) is 15.6. The lowest BCUT2D eigenvalue weighted by molar-refractivity contribution is 0.405. The summed E-state index contributed by atoms with van der Waals surface area (Å²) < 4.78 is 5.36. The summed E-state index contributed by atoms with van der Waals surface area (Å²) in [5, 5.41) is 4.67. The molecule has 2 aromatic carbocycles. The fourth-order valence-electron chi connectivity index (χ4n) is 2.39. The van der Waals surface area contributed by atoms with Crippen LogP contribution in [0.15, 0.2) is 42.5 Å². The van der Waals surface area contributed by atoms with Crippen LogP contribution in [0.2, 0.25) is 10.0 Å². The molecule has 0 aliphatic heterocycles. The van der Waals surface area contributed by atoms with Crippen molar-refractivity contribution in [3.8, 4) is 5.75 Å². The van der Waals surface area contributed by atoms with Gasteiger partial charge >= 0.3 is 0 Å². The highest BCUT2D eigenvalue weighted by Crippen LogP contribution is 2.32. The van der Waals surface area contributed by atoms with E-state index in [2.05, 4.69) is 36.5 Å². The Labute approximate surface area is 154 Å². The number of methoxy groups -OCH3 is 1. The van der Waals surface area contributed by atoms with Crippen LogP contribution in [0.5, 0.6) is 5.75 Å². The molecule has 1 atom stereocenters. The largest absolute Gasteiger partial charge is 0.495 e. The first-order valence-electron chi connectivity index (χ1n) is 7.39. The summed E-state index contributed by atoms with van der Waals surface area (Å²) in [5.74, 6) is 0.689. The van der Waals surface area contributed by atoms with Crippen LogP contribution in [-0.2, 0) is 13.0 Å². The van der Waals surface area contributed by atoms with Gasteiger partial charge in [-0.1, -0.05) is 53.5 Å². The standard InChI is InChI=1S/C18H21Cl2NO.ClH/c1-13(8-9-14-6-4-3-5-7-14)21-12-15-10-16(19)11-17(20)18(15)22-2;/h3-7,10-11,13,21H,8-9,12H2,1-2H3;1H. The van der Waals surface area contributed by atoms with E-state index < -0.39 is 0 Å². The molecule has 0 amide bonds. The highest BCUT2D eigenvalue weighted by Gasteiger charge is 2.11. The summed E-state index contributed by atoms with van der Waals surface area (Å²) in [6.07, 6.45) is 2.13. The maximum Gasteiger partial charge on any atom is 0.142 e. The van der Waals surface area contributed by atoms with Crippen molar-refractivity contribution in [3.05, 3.63) is 63.6 Å². The molecule has 1 unspecified atom stereocenters. The van der Waals surface area contributed by atoms with Crippen molar-refractivity contribution >= 4 is 35.6 Å². The molecule has 0 fully saturated rings. The first-order valence-corrected chi connectivity index (χ1v) is 8.15. The maximum absolute atomic E-state index is 6.15. The van der Waals surface area contributed by atoms with Gasteiger partial charge < -0.3 is 10.1 Å². The van der Waals surface area contributed by atoms with Crippen LogP contribution in [0, 0.1) is 0 Å². The third-order valence-electron chi connectivity index (χ3n) is 3.64. The van der Waals surface area contributed by atoms with Crippen molar-refractivity contribution in [2.75, 3.05) is 7.11 Å². The van der Waals surface area contributed by atoms with Gasteiger partial charge in [0.05, 0.1) is 12.1 Å². The number of nitrogens with one attached hydrogen (secondary N) is 1. The minimum Gasteiger partial charge on any atom is -0.495 e. The van der Waals surface area contributed by atoms with Crippen molar-refractivity contribution in [2.24, 2.45) is 0 Å². The van der Waals surface area contributed by atoms with Crippen molar-refractivity contribution in [1.82, 2.24) is 5.32 Å². The number of aryl methyl sites for hydroxylation is 1. The van der Waals surface area contributed by atoms with Crippen LogP contribution in [0.4, 0.5) is 0 Å². The minimum absolute atomic E-state index is 0. The lowest BCUT2D eigenvalue weighted by Crippen LogP contribution is -2.26. The van der Waals surface area contributed by atoms with E-state index in [4.69, 9.17) is 27.9 Å². The van der Waals surface area contributed by atoms with Gasteiger partial charge in [-0.15, -0.1) is 12.4 Å². The Kier molecular flexibility index (Phi) is 8.78. The summed E-state index contributed by atoms with van der Waals surface area (Å²) >= 11 is 12.2. The lowest BCUT2D eigenvalue weighted by Gasteiger charge is -2.16. The Morgan fingerprint density at radius 2 is 1.83 bits per heavy atom. The van der Waals surface area contributed by atoms with Crippen molar-refractivity contribution in [1.29, 1.82) is 0 Å². The molecule has 0 aliphatic rings. The van der Waals surface area contributed by atoms with Crippen molar-refractivity contribution < 1.29 is 4.74 Å². The Hall–Kier alpha value is -0.930. The number of hydrogen-bond acceptors (Lipinski definition) is 2. The molecule has 2 nitrogen and oxygen atoms in total. The molecule has 1 N–H and O–H groups in total. The van der Waals surface area contributed by atoms with E-state index in [1.54, 1.807) is 13.2 Å². The fourth-order valence-corrected chi connectivity index (χ4v) is 3.00. The predicted molar refractivity (Wildman–Crippen MR) is 101 cm³/mol. The summed E-state index contributed by atoms with van der Waals surface area (Å²) in [7, 11) is 1.62. The van der Waals surface area contributed by atoms with E-state index in [1.807, 2.05) is 12.1 Å². The zero-order valence-electron chi connectivity index (χ0n) is 13.3. The second-order valence-electron chi connectivity index (χ2n) is 5.39. The third kappa shape index (κ3) is 6.23. The number of ether oxygens (including phenoxy) is 1. The SMILES string of the molecule is COc1c(Cl)cc(Cl)cc1CNC(C)CCc1ccccc1.Cl. The molecule has 0 spiro atoms. The molecule has 0 bridgehead atoms. The highest BCUT2D eigenvalue weighted by molar-refractivity contribution is 6.35. The molecule has 0 aliphatic carbocycles. The molecule has 0 radical (unpaired) electrons. The predicted octanol–water partition coefficient (Wildman–Crippen LogP) is 5.53. The summed E-state index contributed by atoms with van der Waals surface area (Å²) in [6, 6.07) is 14.5. The van der Waals surface area contributed by atoms with Gasteiger partial charge in [-0.2, -0.15) is 0 Å². The molecular formula is C18H22Cl3NO. The van der Waals surface area contributed by atoms with Crippen LogP contribution < -0.4 is 10.1 Å². The van der Waals surface area contributed by atoms with Gasteiger partial charge in [-0.05, 0) is 37.5 Å². The Bertz CT molecular complexity index is 605. The molecule has 126 valence electrons. The summed E-state index contributed by atoms with van der Waals surface area (Å²) in [6.45, 7) is 2.86. The topological polar surface area (TPSA) is 21.3 Å². The smallest absolute Gasteiger partial charge is 0.142 e. The van der Waals surface area contributed by atoms with E-state index in [1.165, 1.54) is 5.56 Å². The minimum atomic E-state index is 0. The van der Waals surface area contributed by atoms with Gasteiger partial charge in [-0.3, -0.25) is 0 Å². The normalized spacial score (nSPS) is 11.7. The van der Waals surface area contributed by atoms with E-state index in [-0.39, 0.29) is 12.4 Å². The average molecular weight is 375 g/mol. The van der Waals surface area contributed by atoms with Crippen LogP contribution in [0.25, 0.3) is 0 Å². The van der Waals surface area contributed by atoms with Gasteiger partial charge in [0.2, 0.25) is 0 Å². The van der Waals surface area contributed by atoms with Gasteiger partial charge in [-0.25, -0.2) is 0 Å². The van der Waals surface area contributed by atoms with E-state index >= 15 is 0 Å². The van der Waals surface area contributed by atoms with Crippen LogP contribution in [-0.4, -0.2) is 13.2 Å². The van der Waals surface area contributed by atoms with E-state index in [0.29, 0.717) is 28.4 Å². The molecule has 0 heterocycles. The van der Waals surface area contributed by atoms with Gasteiger partial charge in [0.15, 0.2) is 0 Å². The quantitative estimate of drug-likeness (QED) is 0.687. The average Bonchev–Trinajstić information content (AvgIpc) is 2.51. The summed E-state index contributed by atoms with van der Waals surface area (Å²) in [5.41, 5.74) is 2.34. The van der Waals surface area contributed by atoms with Crippen LogP contribution in [0.3, 0.4) is 0 Å². The Morgan fingerprint density at radius 3 is 2.48 bits per heavy atom. The third-order valence-corrected chi connectivity index (χ3v) is 4.14. The molecule has 0 saturated carbocycles. The highest BCUT2D eigenvalue weighted by atomic mass is 35.5. The second-order valence-corrected chi connectivity index (χ2v) is 6.23. The Morgan fingerprint density at radius 1 is 1.13 bits per heavy atom. The van der Waals surface area contributed by atoms with E-state index in [0.717, 1.165) is 18.4 Å². The number of hydrogen-bond donors (Lipinski definition) is 1. The van der Waals surface area contributed by atoms with Gasteiger partial charge in [0.25, 0.3) is 0 Å². The first kappa shape index (κ1) is 20.1. The lowest BCUT2D eigenvalue weighted by atomic mass is 10.1. The van der Waals surface area contributed by atoms with Crippen LogP contribution >= 0.6 is 35.6 Å². The fraction of sp³-hybridized carbons (Fsp3) is 0.333. The molecule has 2 rings (SSSR count). The number of rotatable bonds is 7. The zero-order chi connectivity index (χ0) is 15.9. The second kappa shape index (κ2) is 10.0. The number of benzene rings is 2. The van der Waals surface area contributed by atoms with Gasteiger partial charge in [0.1, 0.15) is 5.75 Å². The molecule has 2 aromatic rings. The molecular weight excluding hydrogens is 353 g/mol. The van der Waals surface area contributed by atoms with Crippen LogP contribution in [0.1, 0.15) is 24.5 Å². The molecule has 0 saturated heterocycles. The van der Waals surface area contributed by atoms with Crippen molar-refractivity contribution in [3.63, 3.8) is 0 Å². The Balaban J connectivity index is 0.00000264. The molecule has 5 heteroatoms. The summed E-state index contributed by atoms with van der Waals surface area (Å²) in [4.78, 5) is 0.